The summed E-state index contributed by atoms with van der Waals surface area (Å²) in [4.78, 5) is 17.1. The largest absolute Gasteiger partial charge is 0.341 e. The molecule has 29 heavy (non-hydrogen) atoms. The number of nitrogens with zero attached hydrogens (tertiary/aromatic N) is 3. The molecule has 2 atom stereocenters. The molecule has 2 heterocycles. The smallest absolute Gasteiger partial charge is 0.269 e. The zero-order valence-corrected chi connectivity index (χ0v) is 17.7. The van der Waals surface area contributed by atoms with Crippen LogP contribution >= 0.6 is 23.4 Å². The lowest BCUT2D eigenvalue weighted by Crippen LogP contribution is -2.38. The number of thioether (sulfide) groups is 1. The molecule has 0 spiro atoms. The minimum atomic E-state index is -3.08. The number of amidine groups is 1. The van der Waals surface area contributed by atoms with Gasteiger partial charge in [-0.2, -0.15) is 0 Å². The van der Waals surface area contributed by atoms with Crippen LogP contribution in [-0.2, 0) is 22.1 Å². The molecular formula is C19H18ClN3O4S2. The molecule has 0 radical (unpaired) electrons. The lowest BCUT2D eigenvalue weighted by Gasteiger charge is -2.26. The van der Waals surface area contributed by atoms with Crippen LogP contribution in [0.5, 0.6) is 0 Å². The van der Waals surface area contributed by atoms with Crippen LogP contribution < -0.4 is 0 Å². The van der Waals surface area contributed by atoms with Crippen molar-refractivity contribution in [2.24, 2.45) is 4.99 Å². The normalized spacial score (nSPS) is 22.4. The summed E-state index contributed by atoms with van der Waals surface area (Å²) in [7, 11) is -3.08. The second-order valence-corrected chi connectivity index (χ2v) is 10.6. The van der Waals surface area contributed by atoms with E-state index in [0.717, 1.165) is 16.3 Å². The molecule has 0 aliphatic carbocycles. The fraction of sp³-hybridized carbons (Fsp3) is 0.316. The third-order valence-electron chi connectivity index (χ3n) is 5.00. The van der Waals surface area contributed by atoms with Gasteiger partial charge in [0.15, 0.2) is 15.0 Å². The first kappa shape index (κ1) is 20.2. The number of fused-ring (bicyclic) bond motifs is 1. The predicted octanol–water partition coefficient (Wildman–Crippen LogP) is 3.52. The fourth-order valence-corrected chi connectivity index (χ4v) is 6.61. The zero-order chi connectivity index (χ0) is 20.6. The van der Waals surface area contributed by atoms with Gasteiger partial charge in [-0.25, -0.2) is 8.42 Å². The Bertz CT molecular complexity index is 1060. The standard InChI is InChI=1S/C19H18ClN3O4S2/c20-15-5-1-13(2-6-15)9-22-18-12-29(26,27)11-17(18)21-19(22)28-10-14-3-7-16(8-4-14)23(24)25/h1-8,17-18H,9-12H2/t17-,18-/m0/s1. The van der Waals surface area contributed by atoms with E-state index in [1.165, 1.54) is 23.9 Å². The fourth-order valence-electron chi connectivity index (χ4n) is 3.54. The molecule has 0 bridgehead atoms. The van der Waals surface area contributed by atoms with Crippen molar-refractivity contribution in [2.45, 2.75) is 24.4 Å². The molecule has 152 valence electrons. The highest BCUT2D eigenvalue weighted by Gasteiger charge is 2.46. The maximum absolute atomic E-state index is 12.1. The van der Waals surface area contributed by atoms with Gasteiger partial charge in [-0.15, -0.1) is 0 Å². The van der Waals surface area contributed by atoms with Gasteiger partial charge in [-0.05, 0) is 23.3 Å². The van der Waals surface area contributed by atoms with Gasteiger partial charge in [0, 0.05) is 29.5 Å². The van der Waals surface area contributed by atoms with Gasteiger partial charge in [-0.3, -0.25) is 15.1 Å². The molecule has 1 fully saturated rings. The number of rotatable bonds is 5. The van der Waals surface area contributed by atoms with E-state index in [1.54, 1.807) is 12.1 Å². The van der Waals surface area contributed by atoms with E-state index >= 15 is 0 Å². The molecule has 0 N–H and O–H groups in total. The number of non-ortho nitro benzene ring substituents is 1. The molecule has 10 heteroatoms. The molecule has 2 aromatic carbocycles. The minimum absolute atomic E-state index is 0.0565. The summed E-state index contributed by atoms with van der Waals surface area (Å²) in [6.07, 6.45) is 0. The highest BCUT2D eigenvalue weighted by Crippen LogP contribution is 2.33. The maximum Gasteiger partial charge on any atom is 0.269 e. The maximum atomic E-state index is 12.1. The number of sulfone groups is 1. The van der Waals surface area contributed by atoms with E-state index < -0.39 is 14.8 Å². The molecular weight excluding hydrogens is 434 g/mol. The number of aliphatic imine (C=N–C) groups is 1. The van der Waals surface area contributed by atoms with Gasteiger partial charge in [0.1, 0.15) is 0 Å². The van der Waals surface area contributed by atoms with Gasteiger partial charge in [0.05, 0.1) is 28.5 Å². The molecule has 7 nitrogen and oxygen atoms in total. The van der Waals surface area contributed by atoms with Crippen molar-refractivity contribution >= 4 is 44.1 Å². The molecule has 0 saturated carbocycles. The van der Waals surface area contributed by atoms with Crippen molar-refractivity contribution in [1.82, 2.24) is 4.90 Å². The Morgan fingerprint density at radius 1 is 1.10 bits per heavy atom. The lowest BCUT2D eigenvalue weighted by atomic mass is 10.1. The number of nitro benzene ring substituents is 1. The van der Waals surface area contributed by atoms with Crippen molar-refractivity contribution < 1.29 is 13.3 Å². The molecule has 0 unspecified atom stereocenters. The zero-order valence-electron chi connectivity index (χ0n) is 15.3. The predicted molar refractivity (Wildman–Crippen MR) is 115 cm³/mol. The summed E-state index contributed by atoms with van der Waals surface area (Å²) in [6, 6.07) is 13.5. The molecule has 2 aliphatic rings. The van der Waals surface area contributed by atoms with Crippen molar-refractivity contribution in [3.63, 3.8) is 0 Å². The van der Waals surface area contributed by atoms with Crippen LogP contribution in [-0.4, -0.2) is 47.0 Å². The third-order valence-corrected chi connectivity index (χ3v) is 8.02. The Labute approximate surface area is 177 Å². The number of nitro groups is 1. The van der Waals surface area contributed by atoms with E-state index in [0.29, 0.717) is 17.3 Å². The molecule has 1 saturated heterocycles. The Morgan fingerprint density at radius 3 is 2.41 bits per heavy atom. The molecule has 2 aliphatic heterocycles. The van der Waals surface area contributed by atoms with Crippen LogP contribution in [0.4, 0.5) is 5.69 Å². The lowest BCUT2D eigenvalue weighted by molar-refractivity contribution is -0.384. The van der Waals surface area contributed by atoms with Gasteiger partial charge in [-0.1, -0.05) is 47.6 Å². The van der Waals surface area contributed by atoms with Gasteiger partial charge < -0.3 is 4.90 Å². The van der Waals surface area contributed by atoms with Crippen LogP contribution in [0, 0.1) is 10.1 Å². The first-order valence-corrected chi connectivity index (χ1v) is 12.1. The van der Waals surface area contributed by atoms with E-state index in [9.17, 15) is 18.5 Å². The van der Waals surface area contributed by atoms with E-state index in [2.05, 4.69) is 4.90 Å². The first-order chi connectivity index (χ1) is 13.8. The van der Waals surface area contributed by atoms with Crippen molar-refractivity contribution in [2.75, 3.05) is 11.5 Å². The topological polar surface area (TPSA) is 92.9 Å². The van der Waals surface area contributed by atoms with Gasteiger partial charge in [0.2, 0.25) is 0 Å². The van der Waals surface area contributed by atoms with Crippen molar-refractivity contribution in [1.29, 1.82) is 0 Å². The highest BCUT2D eigenvalue weighted by molar-refractivity contribution is 8.13. The van der Waals surface area contributed by atoms with E-state index in [4.69, 9.17) is 16.6 Å². The quantitative estimate of drug-likeness (QED) is 0.510. The van der Waals surface area contributed by atoms with Crippen molar-refractivity contribution in [3.8, 4) is 0 Å². The number of halogens is 1. The van der Waals surface area contributed by atoms with Crippen LogP contribution in [0.2, 0.25) is 5.02 Å². The second kappa shape index (κ2) is 7.97. The summed E-state index contributed by atoms with van der Waals surface area (Å²) < 4.78 is 24.2. The molecule has 0 amide bonds. The highest BCUT2D eigenvalue weighted by atomic mass is 35.5. The second-order valence-electron chi connectivity index (χ2n) is 7.09. The average Bonchev–Trinajstić information content (AvgIpc) is 3.14. The number of benzene rings is 2. The summed E-state index contributed by atoms with van der Waals surface area (Å²) in [5, 5.41) is 12.3. The Morgan fingerprint density at radius 2 is 1.76 bits per heavy atom. The molecule has 0 aromatic heterocycles. The van der Waals surface area contributed by atoms with Gasteiger partial charge in [0.25, 0.3) is 5.69 Å². The van der Waals surface area contributed by atoms with Crippen molar-refractivity contribution in [3.05, 3.63) is 74.8 Å². The van der Waals surface area contributed by atoms with Crippen LogP contribution in [0.15, 0.2) is 53.5 Å². The van der Waals surface area contributed by atoms with Gasteiger partial charge >= 0.3 is 0 Å². The Balaban J connectivity index is 1.51. The minimum Gasteiger partial charge on any atom is -0.341 e. The molecule has 2 aromatic rings. The van der Waals surface area contributed by atoms with E-state index in [-0.39, 0.29) is 29.3 Å². The Kier molecular flexibility index (Phi) is 5.54. The van der Waals surface area contributed by atoms with E-state index in [1.807, 2.05) is 24.3 Å². The summed E-state index contributed by atoms with van der Waals surface area (Å²) in [6.45, 7) is 0.556. The monoisotopic (exact) mass is 451 g/mol. The Hall–Kier alpha value is -2.10. The molecule has 4 rings (SSSR count). The summed E-state index contributed by atoms with van der Waals surface area (Å²) >= 11 is 7.49. The SMILES string of the molecule is O=[N+]([O-])c1ccc(CSC2=N[C@H]3CS(=O)(=O)C[C@@H]3N2Cc2ccc(Cl)cc2)cc1. The van der Waals surface area contributed by atoms with Crippen LogP contribution in [0.3, 0.4) is 0 Å². The first-order valence-electron chi connectivity index (χ1n) is 8.96. The third kappa shape index (κ3) is 4.57. The average molecular weight is 452 g/mol. The van der Waals surface area contributed by atoms with Crippen LogP contribution in [0.25, 0.3) is 0 Å². The summed E-state index contributed by atoms with van der Waals surface area (Å²) in [5.74, 6) is 0.785. The number of hydrogen-bond acceptors (Lipinski definition) is 7. The number of hydrogen-bond donors (Lipinski definition) is 0. The van der Waals surface area contributed by atoms with Crippen LogP contribution in [0.1, 0.15) is 11.1 Å². The summed E-state index contributed by atoms with van der Waals surface area (Å²) in [5.41, 5.74) is 2.03.